The van der Waals surface area contributed by atoms with Crippen molar-refractivity contribution in [1.29, 1.82) is 0 Å². The lowest BCUT2D eigenvalue weighted by Crippen LogP contribution is -2.40. The van der Waals surface area contributed by atoms with Crippen molar-refractivity contribution in [3.8, 4) is 0 Å². The Morgan fingerprint density at radius 3 is 3.05 bits per heavy atom. The molecule has 0 amide bonds. The predicted octanol–water partition coefficient (Wildman–Crippen LogP) is 1.97. The molecule has 0 aliphatic carbocycles. The van der Waals surface area contributed by atoms with Crippen molar-refractivity contribution in [2.75, 3.05) is 18.8 Å². The molecular formula is C15H23N5. The van der Waals surface area contributed by atoms with Gasteiger partial charge in [-0.05, 0) is 45.2 Å². The van der Waals surface area contributed by atoms with E-state index in [1.54, 1.807) is 0 Å². The highest BCUT2D eigenvalue weighted by molar-refractivity contribution is 5.51. The van der Waals surface area contributed by atoms with E-state index in [0.29, 0.717) is 12.0 Å². The number of hydrogen-bond donors (Lipinski definition) is 1. The van der Waals surface area contributed by atoms with Gasteiger partial charge < -0.3 is 10.6 Å². The molecule has 108 valence electrons. The van der Waals surface area contributed by atoms with E-state index in [-0.39, 0.29) is 0 Å². The molecule has 1 aliphatic heterocycles. The van der Waals surface area contributed by atoms with Crippen LogP contribution in [0.2, 0.25) is 0 Å². The molecule has 2 aromatic rings. The van der Waals surface area contributed by atoms with Gasteiger partial charge in [0.15, 0.2) is 5.65 Å². The van der Waals surface area contributed by atoms with Crippen LogP contribution in [0.1, 0.15) is 32.5 Å². The summed E-state index contributed by atoms with van der Waals surface area (Å²) in [6, 6.07) is 4.41. The molecular weight excluding hydrogens is 250 g/mol. The Balaban J connectivity index is 1.76. The molecule has 5 nitrogen and oxygen atoms in total. The third kappa shape index (κ3) is 2.63. The number of nitrogens with zero attached hydrogens (tertiary/aromatic N) is 4. The fourth-order valence-corrected chi connectivity index (χ4v) is 3.09. The number of likely N-dealkylation sites (tertiary alicyclic amines) is 1. The van der Waals surface area contributed by atoms with Gasteiger partial charge in [-0.2, -0.15) is 0 Å². The first kappa shape index (κ1) is 13.4. The van der Waals surface area contributed by atoms with Crippen LogP contribution >= 0.6 is 0 Å². The van der Waals surface area contributed by atoms with Crippen LogP contribution in [0.25, 0.3) is 5.65 Å². The Kier molecular flexibility index (Phi) is 3.61. The molecule has 1 unspecified atom stereocenters. The van der Waals surface area contributed by atoms with Gasteiger partial charge in [-0.1, -0.05) is 0 Å². The van der Waals surface area contributed by atoms with Gasteiger partial charge in [0.05, 0.1) is 0 Å². The number of pyridine rings is 1. The van der Waals surface area contributed by atoms with Gasteiger partial charge in [0.2, 0.25) is 0 Å². The summed E-state index contributed by atoms with van der Waals surface area (Å²) in [6.45, 7) is 6.95. The first-order chi connectivity index (χ1) is 9.63. The summed E-state index contributed by atoms with van der Waals surface area (Å²) in [7, 11) is 0. The van der Waals surface area contributed by atoms with Gasteiger partial charge in [-0.3, -0.25) is 4.40 Å². The molecule has 2 N–H and O–H groups in total. The predicted molar refractivity (Wildman–Crippen MR) is 80.5 cm³/mol. The summed E-state index contributed by atoms with van der Waals surface area (Å²) in [5.41, 5.74) is 7.36. The van der Waals surface area contributed by atoms with Crippen molar-refractivity contribution in [3.05, 3.63) is 24.2 Å². The van der Waals surface area contributed by atoms with Gasteiger partial charge >= 0.3 is 0 Å². The zero-order valence-corrected chi connectivity index (χ0v) is 12.3. The number of piperidine rings is 1. The fourth-order valence-electron chi connectivity index (χ4n) is 3.09. The molecule has 0 saturated carbocycles. The van der Waals surface area contributed by atoms with Crippen LogP contribution in [-0.2, 0) is 6.42 Å². The lowest BCUT2D eigenvalue weighted by molar-refractivity contribution is 0.138. The SMILES string of the molecule is CC(C)N1CCCC(Cc2nnc3cc(N)ccn23)C1. The molecule has 1 atom stereocenters. The lowest BCUT2D eigenvalue weighted by atomic mass is 9.93. The minimum Gasteiger partial charge on any atom is -0.399 e. The largest absolute Gasteiger partial charge is 0.399 e. The van der Waals surface area contributed by atoms with Gasteiger partial charge in [-0.25, -0.2) is 0 Å². The quantitative estimate of drug-likeness (QED) is 0.929. The number of nitrogen functional groups attached to an aromatic ring is 1. The molecule has 2 aromatic heterocycles. The third-order valence-electron chi connectivity index (χ3n) is 4.26. The zero-order chi connectivity index (χ0) is 14.1. The zero-order valence-electron chi connectivity index (χ0n) is 12.3. The fraction of sp³-hybridized carbons (Fsp3) is 0.600. The summed E-state index contributed by atoms with van der Waals surface area (Å²) in [6.07, 6.45) is 5.54. The minimum absolute atomic E-state index is 0.632. The van der Waals surface area contributed by atoms with Crippen LogP contribution < -0.4 is 5.73 Å². The Hall–Kier alpha value is -1.62. The van der Waals surface area contributed by atoms with Crippen LogP contribution in [0.3, 0.4) is 0 Å². The van der Waals surface area contributed by atoms with E-state index in [4.69, 9.17) is 5.73 Å². The van der Waals surface area contributed by atoms with Crippen LogP contribution in [0, 0.1) is 5.92 Å². The Bertz CT molecular complexity index is 589. The van der Waals surface area contributed by atoms with Gasteiger partial charge in [-0.15, -0.1) is 10.2 Å². The third-order valence-corrected chi connectivity index (χ3v) is 4.26. The van der Waals surface area contributed by atoms with Gasteiger partial charge in [0.1, 0.15) is 5.82 Å². The Morgan fingerprint density at radius 1 is 1.40 bits per heavy atom. The van der Waals surface area contributed by atoms with Crippen molar-refractivity contribution in [2.45, 2.75) is 39.2 Å². The second-order valence-corrected chi connectivity index (χ2v) is 6.11. The van der Waals surface area contributed by atoms with E-state index < -0.39 is 0 Å². The Labute approximate surface area is 119 Å². The van der Waals surface area contributed by atoms with Crippen LogP contribution in [0.15, 0.2) is 18.3 Å². The molecule has 1 saturated heterocycles. The average molecular weight is 273 g/mol. The van der Waals surface area contributed by atoms with Crippen molar-refractivity contribution in [2.24, 2.45) is 5.92 Å². The topological polar surface area (TPSA) is 59.5 Å². The normalized spacial score (nSPS) is 20.9. The van der Waals surface area contributed by atoms with E-state index in [1.807, 2.05) is 18.3 Å². The smallest absolute Gasteiger partial charge is 0.162 e. The number of fused-ring (bicyclic) bond motifs is 1. The maximum absolute atomic E-state index is 5.78. The highest BCUT2D eigenvalue weighted by Gasteiger charge is 2.23. The van der Waals surface area contributed by atoms with Gasteiger partial charge in [0.25, 0.3) is 0 Å². The Morgan fingerprint density at radius 2 is 2.25 bits per heavy atom. The summed E-state index contributed by atoms with van der Waals surface area (Å²) in [5, 5.41) is 8.56. The minimum atomic E-state index is 0.632. The molecule has 1 fully saturated rings. The maximum Gasteiger partial charge on any atom is 0.162 e. The highest BCUT2D eigenvalue weighted by Crippen LogP contribution is 2.22. The van der Waals surface area contributed by atoms with E-state index in [1.165, 1.54) is 25.9 Å². The van der Waals surface area contributed by atoms with E-state index in [0.717, 1.165) is 23.6 Å². The molecule has 3 rings (SSSR count). The van der Waals surface area contributed by atoms with E-state index in [9.17, 15) is 0 Å². The van der Waals surface area contributed by atoms with Crippen LogP contribution in [-0.4, -0.2) is 38.6 Å². The van der Waals surface area contributed by atoms with E-state index in [2.05, 4.69) is 33.3 Å². The first-order valence-electron chi connectivity index (χ1n) is 7.46. The van der Waals surface area contributed by atoms with Crippen molar-refractivity contribution in [3.63, 3.8) is 0 Å². The molecule has 3 heterocycles. The molecule has 1 aliphatic rings. The molecule has 20 heavy (non-hydrogen) atoms. The summed E-state index contributed by atoms with van der Waals surface area (Å²) in [4.78, 5) is 2.56. The monoisotopic (exact) mass is 273 g/mol. The number of aromatic nitrogens is 3. The van der Waals surface area contributed by atoms with E-state index >= 15 is 0 Å². The molecule has 5 heteroatoms. The molecule has 0 bridgehead atoms. The van der Waals surface area contributed by atoms with Crippen LogP contribution in [0.5, 0.6) is 0 Å². The molecule has 0 aromatic carbocycles. The van der Waals surface area contributed by atoms with Crippen molar-refractivity contribution in [1.82, 2.24) is 19.5 Å². The number of hydrogen-bond acceptors (Lipinski definition) is 4. The maximum atomic E-state index is 5.78. The molecule has 0 radical (unpaired) electrons. The number of nitrogens with two attached hydrogens (primary N) is 1. The second kappa shape index (κ2) is 5.40. The summed E-state index contributed by atoms with van der Waals surface area (Å²) in [5.74, 6) is 1.73. The average Bonchev–Trinajstić information content (AvgIpc) is 2.81. The standard InChI is InChI=1S/C15H23N5/c1-11(2)19-6-3-4-12(10-19)8-14-17-18-15-9-13(16)5-7-20(14)15/h5,7,9,11-12H,3-4,6,8,10,16H2,1-2H3. The number of rotatable bonds is 3. The molecule has 0 spiro atoms. The van der Waals surface area contributed by atoms with Crippen LogP contribution in [0.4, 0.5) is 5.69 Å². The lowest BCUT2D eigenvalue weighted by Gasteiger charge is -2.35. The first-order valence-corrected chi connectivity index (χ1v) is 7.46. The van der Waals surface area contributed by atoms with Crippen molar-refractivity contribution >= 4 is 11.3 Å². The van der Waals surface area contributed by atoms with Crippen molar-refractivity contribution < 1.29 is 0 Å². The summed E-state index contributed by atoms with van der Waals surface area (Å²) < 4.78 is 2.06. The summed E-state index contributed by atoms with van der Waals surface area (Å²) >= 11 is 0. The highest BCUT2D eigenvalue weighted by atomic mass is 15.2. The second-order valence-electron chi connectivity index (χ2n) is 6.11. The van der Waals surface area contributed by atoms with Gasteiger partial charge in [0, 0.05) is 37.0 Å². The number of anilines is 1.